The van der Waals surface area contributed by atoms with Crippen molar-refractivity contribution in [1.29, 1.82) is 0 Å². The molecule has 2 N–H and O–H groups in total. The summed E-state index contributed by atoms with van der Waals surface area (Å²) < 4.78 is 5.08. The van der Waals surface area contributed by atoms with Crippen molar-refractivity contribution in [2.24, 2.45) is 0 Å². The summed E-state index contributed by atoms with van der Waals surface area (Å²) in [6, 6.07) is 3.00. The molecule has 22 heavy (non-hydrogen) atoms. The molecule has 0 aliphatic heterocycles. The quantitative estimate of drug-likeness (QED) is 0.809. The normalized spacial score (nSPS) is 17.0. The van der Waals surface area contributed by atoms with Crippen LogP contribution in [-0.2, 0) is 4.79 Å². The van der Waals surface area contributed by atoms with E-state index in [2.05, 4.69) is 10.6 Å². The summed E-state index contributed by atoms with van der Waals surface area (Å²) in [7, 11) is 0. The number of carbonyl (C=O) groups excluding carboxylic acids is 2. The molecule has 0 bridgehead atoms. The van der Waals surface area contributed by atoms with Crippen LogP contribution in [-0.4, -0.2) is 35.9 Å². The fourth-order valence-electron chi connectivity index (χ4n) is 2.69. The third-order valence-corrected chi connectivity index (χ3v) is 4.57. The highest BCUT2D eigenvalue weighted by Crippen LogP contribution is 2.17. The maximum absolute atomic E-state index is 12.5. The first-order valence-electron chi connectivity index (χ1n) is 7.84. The lowest BCUT2D eigenvalue weighted by Crippen LogP contribution is -2.50. The molecule has 122 valence electrons. The van der Waals surface area contributed by atoms with E-state index in [0.717, 1.165) is 18.6 Å². The highest BCUT2D eigenvalue weighted by Gasteiger charge is 2.25. The minimum atomic E-state index is -0.507. The predicted molar refractivity (Wildman–Crippen MR) is 88.0 cm³/mol. The molecule has 1 aromatic rings. The van der Waals surface area contributed by atoms with Crippen molar-refractivity contribution in [2.75, 3.05) is 12.0 Å². The molecule has 0 spiro atoms. The molecular formula is C16H24N2O3S. The van der Waals surface area contributed by atoms with Gasteiger partial charge in [0.15, 0.2) is 5.76 Å². The SMILES string of the molecule is CSCCC(NC(=O)c1ccco1)C(=O)NC1CCCCC1. The van der Waals surface area contributed by atoms with Gasteiger partial charge in [-0.1, -0.05) is 19.3 Å². The summed E-state index contributed by atoms with van der Waals surface area (Å²) >= 11 is 1.66. The first-order chi connectivity index (χ1) is 10.7. The Morgan fingerprint density at radius 1 is 1.36 bits per heavy atom. The van der Waals surface area contributed by atoms with Crippen LogP contribution in [0.4, 0.5) is 0 Å². The van der Waals surface area contributed by atoms with E-state index in [1.165, 1.54) is 25.5 Å². The molecule has 1 heterocycles. The van der Waals surface area contributed by atoms with Gasteiger partial charge < -0.3 is 15.1 Å². The van der Waals surface area contributed by atoms with Crippen LogP contribution >= 0.6 is 11.8 Å². The van der Waals surface area contributed by atoms with Crippen molar-refractivity contribution < 1.29 is 14.0 Å². The zero-order valence-electron chi connectivity index (χ0n) is 13.0. The molecule has 1 unspecified atom stereocenters. The van der Waals surface area contributed by atoms with Crippen LogP contribution in [0.25, 0.3) is 0 Å². The van der Waals surface area contributed by atoms with Crippen LogP contribution in [0.5, 0.6) is 0 Å². The molecule has 2 amide bonds. The van der Waals surface area contributed by atoms with Crippen LogP contribution in [0, 0.1) is 0 Å². The Labute approximate surface area is 135 Å². The maximum atomic E-state index is 12.5. The second-order valence-electron chi connectivity index (χ2n) is 5.63. The van der Waals surface area contributed by atoms with Crippen molar-refractivity contribution >= 4 is 23.6 Å². The molecule has 1 aromatic heterocycles. The van der Waals surface area contributed by atoms with E-state index >= 15 is 0 Å². The lowest BCUT2D eigenvalue weighted by molar-refractivity contribution is -0.123. The largest absolute Gasteiger partial charge is 0.459 e. The van der Waals surface area contributed by atoms with Crippen molar-refractivity contribution in [3.63, 3.8) is 0 Å². The smallest absolute Gasteiger partial charge is 0.287 e. The Balaban J connectivity index is 1.91. The fraction of sp³-hybridized carbons (Fsp3) is 0.625. The molecule has 1 atom stereocenters. The van der Waals surface area contributed by atoms with Crippen LogP contribution in [0.2, 0.25) is 0 Å². The van der Waals surface area contributed by atoms with Crippen LogP contribution in [0.15, 0.2) is 22.8 Å². The van der Waals surface area contributed by atoms with Crippen LogP contribution < -0.4 is 10.6 Å². The molecule has 5 nitrogen and oxygen atoms in total. The van der Waals surface area contributed by atoms with Crippen molar-refractivity contribution in [1.82, 2.24) is 10.6 Å². The average Bonchev–Trinajstić information content (AvgIpc) is 3.06. The monoisotopic (exact) mass is 324 g/mol. The Morgan fingerprint density at radius 3 is 2.77 bits per heavy atom. The van der Waals surface area contributed by atoms with Crippen molar-refractivity contribution in [3.8, 4) is 0 Å². The van der Waals surface area contributed by atoms with Gasteiger partial charge in [0.2, 0.25) is 5.91 Å². The number of nitrogens with one attached hydrogen (secondary N) is 2. The Morgan fingerprint density at radius 2 is 2.14 bits per heavy atom. The van der Waals surface area contributed by atoms with E-state index in [-0.39, 0.29) is 23.6 Å². The third-order valence-electron chi connectivity index (χ3n) is 3.93. The topological polar surface area (TPSA) is 71.3 Å². The van der Waals surface area contributed by atoms with E-state index < -0.39 is 6.04 Å². The van der Waals surface area contributed by atoms with Gasteiger partial charge in [-0.25, -0.2) is 0 Å². The number of hydrogen-bond acceptors (Lipinski definition) is 4. The summed E-state index contributed by atoms with van der Waals surface area (Å²) in [5.41, 5.74) is 0. The van der Waals surface area contributed by atoms with Gasteiger partial charge in [-0.2, -0.15) is 11.8 Å². The minimum Gasteiger partial charge on any atom is -0.459 e. The first kappa shape index (κ1) is 16.9. The van der Waals surface area contributed by atoms with Gasteiger partial charge in [0.25, 0.3) is 5.91 Å². The molecule has 0 aromatic carbocycles. The molecule has 6 heteroatoms. The fourth-order valence-corrected chi connectivity index (χ4v) is 3.16. The van der Waals surface area contributed by atoms with Crippen molar-refractivity contribution in [3.05, 3.63) is 24.2 Å². The summed E-state index contributed by atoms with van der Waals surface area (Å²) in [6.45, 7) is 0. The molecule has 1 saturated carbocycles. The number of rotatable bonds is 7. The highest BCUT2D eigenvalue weighted by molar-refractivity contribution is 7.98. The van der Waals surface area contributed by atoms with E-state index in [0.29, 0.717) is 6.42 Å². The molecule has 0 radical (unpaired) electrons. The summed E-state index contributed by atoms with van der Waals surface area (Å²) in [4.78, 5) is 24.5. The third kappa shape index (κ3) is 5.09. The van der Waals surface area contributed by atoms with Crippen LogP contribution in [0.1, 0.15) is 49.1 Å². The number of furan rings is 1. The van der Waals surface area contributed by atoms with Gasteiger partial charge in [-0.3, -0.25) is 9.59 Å². The van der Waals surface area contributed by atoms with Gasteiger partial charge in [0.1, 0.15) is 6.04 Å². The Hall–Kier alpha value is -1.43. The average molecular weight is 324 g/mol. The van der Waals surface area contributed by atoms with Gasteiger partial charge in [-0.05, 0) is 43.4 Å². The number of amides is 2. The number of hydrogen-bond donors (Lipinski definition) is 2. The van der Waals surface area contributed by atoms with Gasteiger partial charge in [0, 0.05) is 6.04 Å². The Kier molecular flexibility index (Phi) is 6.83. The molecule has 2 rings (SSSR count). The first-order valence-corrected chi connectivity index (χ1v) is 9.23. The number of carbonyl (C=O) groups is 2. The molecule has 0 saturated heterocycles. The standard InChI is InChI=1S/C16H24N2O3S/c1-22-11-9-13(18-16(20)14-8-5-10-21-14)15(19)17-12-6-3-2-4-7-12/h5,8,10,12-13H,2-4,6-7,9,11H2,1H3,(H,17,19)(H,18,20). The molecule has 1 aliphatic carbocycles. The molecule has 1 aliphatic rings. The minimum absolute atomic E-state index is 0.0825. The summed E-state index contributed by atoms with van der Waals surface area (Å²) in [5.74, 6) is 0.636. The second-order valence-corrected chi connectivity index (χ2v) is 6.61. The molecular weight excluding hydrogens is 300 g/mol. The lowest BCUT2D eigenvalue weighted by atomic mass is 9.95. The Bertz CT molecular complexity index is 470. The van der Waals surface area contributed by atoms with Crippen molar-refractivity contribution in [2.45, 2.75) is 50.6 Å². The summed E-state index contributed by atoms with van der Waals surface area (Å²) in [6.07, 6.45) is 9.71. The van der Waals surface area contributed by atoms with Gasteiger partial charge in [-0.15, -0.1) is 0 Å². The highest BCUT2D eigenvalue weighted by atomic mass is 32.2. The zero-order valence-corrected chi connectivity index (χ0v) is 13.8. The maximum Gasteiger partial charge on any atom is 0.287 e. The van der Waals surface area contributed by atoms with Gasteiger partial charge >= 0.3 is 0 Å². The van der Waals surface area contributed by atoms with Crippen LogP contribution in [0.3, 0.4) is 0 Å². The predicted octanol–water partition coefficient (Wildman–Crippen LogP) is 2.58. The van der Waals surface area contributed by atoms with E-state index in [1.807, 2.05) is 6.26 Å². The van der Waals surface area contributed by atoms with E-state index in [4.69, 9.17) is 4.42 Å². The van der Waals surface area contributed by atoms with E-state index in [1.54, 1.807) is 23.9 Å². The second kappa shape index (κ2) is 8.88. The molecule has 1 fully saturated rings. The van der Waals surface area contributed by atoms with E-state index in [9.17, 15) is 9.59 Å². The van der Waals surface area contributed by atoms with Gasteiger partial charge in [0.05, 0.1) is 6.26 Å². The summed E-state index contributed by atoms with van der Waals surface area (Å²) in [5, 5.41) is 5.87. The number of thioether (sulfide) groups is 1. The zero-order chi connectivity index (χ0) is 15.8. The lowest BCUT2D eigenvalue weighted by Gasteiger charge is -2.25.